The van der Waals surface area contributed by atoms with Crippen molar-refractivity contribution >= 4 is 5.69 Å². The molecule has 78 valence electrons. The summed E-state index contributed by atoms with van der Waals surface area (Å²) in [5, 5.41) is 10.1. The Hall–Kier alpha value is -1.02. The number of rotatable bonds is 1. The molecule has 0 saturated heterocycles. The van der Waals surface area contributed by atoms with E-state index in [9.17, 15) is 5.11 Å². The monoisotopic (exact) mass is 193 g/mol. The van der Waals surface area contributed by atoms with Crippen LogP contribution in [0.15, 0.2) is 18.2 Å². The largest absolute Gasteiger partial charge is 0.398 e. The maximum atomic E-state index is 10.1. The van der Waals surface area contributed by atoms with Crippen molar-refractivity contribution in [2.75, 3.05) is 5.73 Å². The molecule has 0 aromatic heterocycles. The van der Waals surface area contributed by atoms with Crippen LogP contribution in [0.3, 0.4) is 0 Å². The number of aliphatic hydroxyl groups is 1. The molecule has 0 aliphatic heterocycles. The topological polar surface area (TPSA) is 46.2 Å². The van der Waals surface area contributed by atoms with Crippen molar-refractivity contribution < 1.29 is 5.11 Å². The van der Waals surface area contributed by atoms with E-state index in [1.165, 1.54) is 0 Å². The highest BCUT2D eigenvalue weighted by Gasteiger charge is 2.25. The number of aliphatic hydroxyl groups excluding tert-OH is 1. The summed E-state index contributed by atoms with van der Waals surface area (Å²) in [6.07, 6.45) is -0.512. The van der Waals surface area contributed by atoms with E-state index in [0.29, 0.717) is 5.69 Å². The molecule has 1 aromatic carbocycles. The highest BCUT2D eigenvalue weighted by Crippen LogP contribution is 2.36. The Bertz CT molecular complexity index is 326. The molecule has 1 unspecified atom stereocenters. The van der Waals surface area contributed by atoms with Gasteiger partial charge >= 0.3 is 0 Å². The fourth-order valence-corrected chi connectivity index (χ4v) is 1.41. The van der Waals surface area contributed by atoms with Gasteiger partial charge in [-0.05, 0) is 17.9 Å². The molecule has 0 bridgehead atoms. The lowest BCUT2D eigenvalue weighted by atomic mass is 9.83. The fourth-order valence-electron chi connectivity index (χ4n) is 1.41. The van der Waals surface area contributed by atoms with Gasteiger partial charge in [-0.2, -0.15) is 0 Å². The number of benzene rings is 1. The first-order chi connectivity index (χ1) is 6.34. The summed E-state index contributed by atoms with van der Waals surface area (Å²) in [7, 11) is 0. The molecule has 2 nitrogen and oxygen atoms in total. The molecule has 0 radical (unpaired) electrons. The summed E-state index contributed by atoms with van der Waals surface area (Å²) in [4.78, 5) is 0. The standard InChI is InChI=1S/C12H19NO/c1-8-6-5-7-9(10(8)13)11(14)12(2,3)4/h5-7,11,14H,13H2,1-4H3. The van der Waals surface area contributed by atoms with Crippen molar-refractivity contribution in [3.63, 3.8) is 0 Å². The van der Waals surface area contributed by atoms with Gasteiger partial charge in [0.15, 0.2) is 0 Å². The number of hydrogen-bond donors (Lipinski definition) is 2. The van der Waals surface area contributed by atoms with Gasteiger partial charge in [0.05, 0.1) is 6.10 Å². The van der Waals surface area contributed by atoms with E-state index in [0.717, 1.165) is 11.1 Å². The Kier molecular flexibility index (Phi) is 2.86. The SMILES string of the molecule is Cc1cccc(C(O)C(C)(C)C)c1N. The molecule has 3 N–H and O–H groups in total. The minimum Gasteiger partial charge on any atom is -0.398 e. The minimum absolute atomic E-state index is 0.179. The van der Waals surface area contributed by atoms with Crippen molar-refractivity contribution in [3.05, 3.63) is 29.3 Å². The highest BCUT2D eigenvalue weighted by atomic mass is 16.3. The molecule has 0 aliphatic rings. The van der Waals surface area contributed by atoms with Crippen molar-refractivity contribution in [2.24, 2.45) is 5.41 Å². The van der Waals surface area contributed by atoms with Crippen LogP contribution in [0.1, 0.15) is 38.0 Å². The number of aryl methyl sites for hydroxylation is 1. The Morgan fingerprint density at radius 3 is 2.36 bits per heavy atom. The molecule has 0 saturated carbocycles. The van der Waals surface area contributed by atoms with Gasteiger partial charge in [-0.1, -0.05) is 39.0 Å². The van der Waals surface area contributed by atoms with E-state index in [1.807, 2.05) is 45.9 Å². The normalized spacial score (nSPS) is 14.1. The van der Waals surface area contributed by atoms with Gasteiger partial charge in [-0.15, -0.1) is 0 Å². The molecular formula is C12H19NO. The van der Waals surface area contributed by atoms with Crippen LogP contribution in [0.25, 0.3) is 0 Å². The Morgan fingerprint density at radius 2 is 1.86 bits per heavy atom. The number of para-hydroxylation sites is 1. The molecule has 0 aliphatic carbocycles. The van der Waals surface area contributed by atoms with E-state index in [2.05, 4.69) is 0 Å². The predicted octanol–water partition coefficient (Wildman–Crippen LogP) is 2.66. The van der Waals surface area contributed by atoms with Crippen LogP contribution in [-0.4, -0.2) is 5.11 Å². The van der Waals surface area contributed by atoms with Gasteiger partial charge in [0.1, 0.15) is 0 Å². The number of nitrogen functional groups attached to an aromatic ring is 1. The van der Waals surface area contributed by atoms with Crippen LogP contribution in [0.5, 0.6) is 0 Å². The average Bonchev–Trinajstić information content (AvgIpc) is 2.07. The van der Waals surface area contributed by atoms with Crippen molar-refractivity contribution in [2.45, 2.75) is 33.8 Å². The quantitative estimate of drug-likeness (QED) is 0.673. The summed E-state index contributed by atoms with van der Waals surface area (Å²) in [6.45, 7) is 7.95. The van der Waals surface area contributed by atoms with Gasteiger partial charge in [0.25, 0.3) is 0 Å². The smallest absolute Gasteiger partial charge is 0.0858 e. The summed E-state index contributed by atoms with van der Waals surface area (Å²) < 4.78 is 0. The molecular weight excluding hydrogens is 174 g/mol. The van der Waals surface area contributed by atoms with Crippen molar-refractivity contribution in [1.29, 1.82) is 0 Å². The van der Waals surface area contributed by atoms with Gasteiger partial charge in [-0.3, -0.25) is 0 Å². The van der Waals surface area contributed by atoms with Crippen LogP contribution in [0.4, 0.5) is 5.69 Å². The Labute approximate surface area is 85.8 Å². The van der Waals surface area contributed by atoms with E-state index < -0.39 is 6.10 Å². The third kappa shape index (κ3) is 2.07. The van der Waals surface area contributed by atoms with Gasteiger partial charge in [0, 0.05) is 11.3 Å². The number of hydrogen-bond acceptors (Lipinski definition) is 2. The van der Waals surface area contributed by atoms with Crippen LogP contribution in [0.2, 0.25) is 0 Å². The summed E-state index contributed by atoms with van der Waals surface area (Å²) in [6, 6.07) is 5.77. The highest BCUT2D eigenvalue weighted by molar-refractivity contribution is 5.54. The Morgan fingerprint density at radius 1 is 1.29 bits per heavy atom. The van der Waals surface area contributed by atoms with Crippen LogP contribution in [0, 0.1) is 12.3 Å². The first-order valence-corrected chi connectivity index (χ1v) is 4.87. The minimum atomic E-state index is -0.512. The summed E-state index contributed by atoms with van der Waals surface area (Å²) in [5.74, 6) is 0. The maximum absolute atomic E-state index is 10.1. The summed E-state index contributed by atoms with van der Waals surface area (Å²) >= 11 is 0. The van der Waals surface area contributed by atoms with Crippen molar-refractivity contribution in [3.8, 4) is 0 Å². The number of nitrogens with two attached hydrogens (primary N) is 1. The van der Waals surface area contributed by atoms with E-state index in [-0.39, 0.29) is 5.41 Å². The van der Waals surface area contributed by atoms with Crippen molar-refractivity contribution in [1.82, 2.24) is 0 Å². The second-order valence-electron chi connectivity index (χ2n) is 4.85. The lowest BCUT2D eigenvalue weighted by molar-refractivity contribution is 0.0633. The maximum Gasteiger partial charge on any atom is 0.0858 e. The molecule has 1 aromatic rings. The van der Waals surface area contributed by atoms with E-state index in [4.69, 9.17) is 5.73 Å². The molecule has 14 heavy (non-hydrogen) atoms. The van der Waals surface area contributed by atoms with Gasteiger partial charge in [-0.25, -0.2) is 0 Å². The average molecular weight is 193 g/mol. The zero-order valence-electron chi connectivity index (χ0n) is 9.33. The summed E-state index contributed by atoms with van der Waals surface area (Å²) in [5.41, 5.74) is 8.30. The Balaban J connectivity index is 3.14. The zero-order chi connectivity index (χ0) is 10.9. The molecule has 1 rings (SSSR count). The molecule has 0 fully saturated rings. The number of anilines is 1. The lowest BCUT2D eigenvalue weighted by Gasteiger charge is -2.27. The molecule has 2 heteroatoms. The first kappa shape index (κ1) is 11.1. The molecule has 0 amide bonds. The second-order valence-corrected chi connectivity index (χ2v) is 4.85. The predicted molar refractivity (Wildman–Crippen MR) is 60.0 cm³/mol. The third-order valence-corrected chi connectivity index (χ3v) is 2.47. The van der Waals surface area contributed by atoms with Gasteiger partial charge in [0.2, 0.25) is 0 Å². The van der Waals surface area contributed by atoms with Gasteiger partial charge < -0.3 is 10.8 Å². The molecule has 1 atom stereocenters. The lowest BCUT2D eigenvalue weighted by Crippen LogP contribution is -2.19. The first-order valence-electron chi connectivity index (χ1n) is 4.87. The third-order valence-electron chi connectivity index (χ3n) is 2.47. The second kappa shape index (κ2) is 3.62. The molecule has 0 spiro atoms. The van der Waals surface area contributed by atoms with E-state index in [1.54, 1.807) is 0 Å². The van der Waals surface area contributed by atoms with Crippen LogP contribution in [-0.2, 0) is 0 Å². The van der Waals surface area contributed by atoms with Crippen LogP contribution < -0.4 is 5.73 Å². The zero-order valence-corrected chi connectivity index (χ0v) is 9.33. The fraction of sp³-hybridized carbons (Fsp3) is 0.500. The van der Waals surface area contributed by atoms with E-state index >= 15 is 0 Å². The molecule has 0 heterocycles. The van der Waals surface area contributed by atoms with Crippen LogP contribution >= 0.6 is 0 Å².